The molecule has 80 valence electrons. The van der Waals surface area contributed by atoms with Crippen LogP contribution in [-0.4, -0.2) is 23.6 Å². The largest absolute Gasteiger partial charge is 0.360 e. The Bertz CT molecular complexity index is 260. The fourth-order valence-corrected chi connectivity index (χ4v) is 1.30. The van der Waals surface area contributed by atoms with Gasteiger partial charge in [0.1, 0.15) is 0 Å². The van der Waals surface area contributed by atoms with Crippen molar-refractivity contribution in [1.29, 1.82) is 0 Å². The summed E-state index contributed by atoms with van der Waals surface area (Å²) in [4.78, 5) is 2.23. The predicted molar refractivity (Wildman–Crippen MR) is 55.6 cm³/mol. The molecule has 1 aromatic heterocycles. The number of nitrogens with two attached hydrogens (primary N) is 1. The molecule has 2 N–H and O–H groups in total. The zero-order valence-electron chi connectivity index (χ0n) is 8.99. The van der Waals surface area contributed by atoms with Crippen molar-refractivity contribution in [2.45, 2.75) is 32.9 Å². The molecular formula is C10H19N3O. The van der Waals surface area contributed by atoms with Gasteiger partial charge >= 0.3 is 0 Å². The van der Waals surface area contributed by atoms with Gasteiger partial charge in [0.05, 0.1) is 12.2 Å². The van der Waals surface area contributed by atoms with E-state index in [4.69, 9.17) is 10.3 Å². The third kappa shape index (κ3) is 3.47. The first kappa shape index (κ1) is 11.2. The molecule has 0 aromatic carbocycles. The molecule has 0 atom stereocenters. The average molecular weight is 197 g/mol. The zero-order valence-corrected chi connectivity index (χ0v) is 8.99. The molecule has 4 heteroatoms. The lowest BCUT2D eigenvalue weighted by molar-refractivity contribution is 0.268. The Morgan fingerprint density at radius 1 is 1.57 bits per heavy atom. The van der Waals surface area contributed by atoms with Crippen LogP contribution in [0.1, 0.15) is 31.2 Å². The summed E-state index contributed by atoms with van der Waals surface area (Å²) in [5.41, 5.74) is 6.26. The second-order valence-electron chi connectivity index (χ2n) is 3.58. The smallest absolute Gasteiger partial charge is 0.151 e. The normalized spacial score (nSPS) is 11.1. The van der Waals surface area contributed by atoms with Crippen molar-refractivity contribution in [2.24, 2.45) is 5.73 Å². The molecule has 14 heavy (non-hydrogen) atoms. The van der Waals surface area contributed by atoms with Crippen LogP contribution in [0.5, 0.6) is 0 Å². The summed E-state index contributed by atoms with van der Waals surface area (Å²) in [7, 11) is 2.08. The maximum Gasteiger partial charge on any atom is 0.151 e. The molecule has 0 saturated heterocycles. The summed E-state index contributed by atoms with van der Waals surface area (Å²) in [5.74, 6) is 0.893. The molecule has 0 aliphatic heterocycles. The molecule has 0 fully saturated rings. The van der Waals surface area contributed by atoms with Gasteiger partial charge in [0, 0.05) is 12.6 Å². The maximum atomic E-state index is 5.44. The number of unbranched alkanes of at least 4 members (excludes halogenated alkanes) is 1. The van der Waals surface area contributed by atoms with Gasteiger partial charge in [-0.2, -0.15) is 0 Å². The van der Waals surface area contributed by atoms with Gasteiger partial charge in [-0.05, 0) is 20.0 Å². The molecule has 1 aromatic rings. The van der Waals surface area contributed by atoms with E-state index in [0.29, 0.717) is 6.54 Å². The Morgan fingerprint density at radius 2 is 2.36 bits per heavy atom. The Hall–Kier alpha value is -0.870. The number of hydrogen-bond donors (Lipinski definition) is 1. The quantitative estimate of drug-likeness (QED) is 0.748. The number of hydrogen-bond acceptors (Lipinski definition) is 4. The van der Waals surface area contributed by atoms with E-state index in [1.165, 1.54) is 12.8 Å². The average Bonchev–Trinajstić information content (AvgIpc) is 2.62. The van der Waals surface area contributed by atoms with Crippen LogP contribution in [0, 0.1) is 0 Å². The fraction of sp³-hybridized carbons (Fsp3) is 0.700. The molecule has 0 unspecified atom stereocenters. The first-order valence-electron chi connectivity index (χ1n) is 5.09. The molecule has 0 aliphatic carbocycles. The van der Waals surface area contributed by atoms with E-state index in [-0.39, 0.29) is 0 Å². The third-order valence-electron chi connectivity index (χ3n) is 2.14. The summed E-state index contributed by atoms with van der Waals surface area (Å²) < 4.78 is 5.13. The maximum absolute atomic E-state index is 5.44. The molecule has 1 heterocycles. The van der Waals surface area contributed by atoms with Crippen molar-refractivity contribution in [3.8, 4) is 0 Å². The Kier molecular flexibility index (Phi) is 4.62. The van der Waals surface area contributed by atoms with E-state index in [1.54, 1.807) is 0 Å². The van der Waals surface area contributed by atoms with Crippen molar-refractivity contribution >= 4 is 0 Å². The van der Waals surface area contributed by atoms with Crippen molar-refractivity contribution in [2.75, 3.05) is 13.6 Å². The molecule has 0 radical (unpaired) electrons. The highest BCUT2D eigenvalue weighted by Crippen LogP contribution is 2.06. The van der Waals surface area contributed by atoms with E-state index in [0.717, 1.165) is 24.5 Å². The topological polar surface area (TPSA) is 55.3 Å². The number of nitrogens with zero attached hydrogens (tertiary/aromatic N) is 2. The van der Waals surface area contributed by atoms with Crippen LogP contribution in [0.3, 0.4) is 0 Å². The van der Waals surface area contributed by atoms with Gasteiger partial charge in [0.15, 0.2) is 5.76 Å². The lowest BCUT2D eigenvalue weighted by Crippen LogP contribution is -2.18. The zero-order chi connectivity index (χ0) is 10.4. The van der Waals surface area contributed by atoms with Gasteiger partial charge in [-0.3, -0.25) is 4.90 Å². The van der Waals surface area contributed by atoms with Crippen LogP contribution in [0.2, 0.25) is 0 Å². The Balaban J connectivity index is 2.35. The van der Waals surface area contributed by atoms with Gasteiger partial charge in [0.2, 0.25) is 0 Å². The second-order valence-corrected chi connectivity index (χ2v) is 3.58. The lowest BCUT2D eigenvalue weighted by atomic mass is 10.3. The van der Waals surface area contributed by atoms with E-state index >= 15 is 0 Å². The molecule has 0 bridgehead atoms. The summed E-state index contributed by atoms with van der Waals surface area (Å²) in [5, 5.41) is 3.84. The van der Waals surface area contributed by atoms with Crippen LogP contribution < -0.4 is 5.73 Å². The molecular weight excluding hydrogens is 178 g/mol. The number of rotatable bonds is 6. The second kappa shape index (κ2) is 5.78. The number of aromatic nitrogens is 1. The Labute approximate surface area is 85.1 Å². The summed E-state index contributed by atoms with van der Waals surface area (Å²) in [6, 6.07) is 1.92. The Morgan fingerprint density at radius 3 is 2.93 bits per heavy atom. The molecule has 0 spiro atoms. The standard InChI is InChI=1S/C10H19N3O/c1-3-4-5-13(2)8-10-6-9(7-11)12-14-10/h6H,3-5,7-8,11H2,1-2H3. The van der Waals surface area contributed by atoms with Crippen molar-refractivity contribution in [3.63, 3.8) is 0 Å². The van der Waals surface area contributed by atoms with Gasteiger partial charge < -0.3 is 10.3 Å². The van der Waals surface area contributed by atoms with Crippen LogP contribution in [0.15, 0.2) is 10.6 Å². The minimum atomic E-state index is 0.447. The van der Waals surface area contributed by atoms with Gasteiger partial charge in [-0.15, -0.1) is 0 Å². The SMILES string of the molecule is CCCCN(C)Cc1cc(CN)no1. The van der Waals surface area contributed by atoms with Crippen LogP contribution in [0.4, 0.5) is 0 Å². The predicted octanol–water partition coefficient (Wildman–Crippen LogP) is 1.37. The highest BCUT2D eigenvalue weighted by atomic mass is 16.5. The minimum absolute atomic E-state index is 0.447. The summed E-state index contributed by atoms with van der Waals surface area (Å²) in [6.45, 7) is 4.54. The molecule has 0 amide bonds. The van der Waals surface area contributed by atoms with Crippen molar-refractivity contribution in [1.82, 2.24) is 10.1 Å². The van der Waals surface area contributed by atoms with E-state index < -0.39 is 0 Å². The molecule has 4 nitrogen and oxygen atoms in total. The van der Waals surface area contributed by atoms with Crippen molar-refractivity contribution < 1.29 is 4.52 Å². The lowest BCUT2D eigenvalue weighted by Gasteiger charge is -2.13. The summed E-state index contributed by atoms with van der Waals surface area (Å²) in [6.07, 6.45) is 2.43. The van der Waals surface area contributed by atoms with Gasteiger partial charge in [0.25, 0.3) is 0 Å². The van der Waals surface area contributed by atoms with Gasteiger partial charge in [-0.25, -0.2) is 0 Å². The monoisotopic (exact) mass is 197 g/mol. The molecule has 0 aliphatic rings. The highest BCUT2D eigenvalue weighted by molar-refractivity contribution is 5.04. The van der Waals surface area contributed by atoms with Crippen molar-refractivity contribution in [3.05, 3.63) is 17.5 Å². The van der Waals surface area contributed by atoms with Gasteiger partial charge in [-0.1, -0.05) is 18.5 Å². The first-order chi connectivity index (χ1) is 6.76. The first-order valence-corrected chi connectivity index (χ1v) is 5.09. The fourth-order valence-electron chi connectivity index (χ4n) is 1.30. The van der Waals surface area contributed by atoms with E-state index in [2.05, 4.69) is 24.0 Å². The third-order valence-corrected chi connectivity index (χ3v) is 2.14. The van der Waals surface area contributed by atoms with Crippen LogP contribution >= 0.6 is 0 Å². The molecule has 0 saturated carbocycles. The van der Waals surface area contributed by atoms with Crippen LogP contribution in [0.25, 0.3) is 0 Å². The van der Waals surface area contributed by atoms with Crippen LogP contribution in [-0.2, 0) is 13.1 Å². The minimum Gasteiger partial charge on any atom is -0.360 e. The summed E-state index contributed by atoms with van der Waals surface area (Å²) >= 11 is 0. The van der Waals surface area contributed by atoms with E-state index in [1.807, 2.05) is 6.07 Å². The molecule has 1 rings (SSSR count). The highest BCUT2D eigenvalue weighted by Gasteiger charge is 2.05. The van der Waals surface area contributed by atoms with E-state index in [9.17, 15) is 0 Å².